The first-order valence-corrected chi connectivity index (χ1v) is 14.2. The average Bonchev–Trinajstić information content (AvgIpc) is 3.05. The van der Waals surface area contributed by atoms with Crippen LogP contribution in [0.1, 0.15) is 112 Å². The van der Waals surface area contributed by atoms with Crippen molar-refractivity contribution in [3.63, 3.8) is 0 Å². The van der Waals surface area contributed by atoms with Gasteiger partial charge in [0.05, 0.1) is 6.10 Å². The Kier molecular flexibility index (Phi) is 7.85. The van der Waals surface area contributed by atoms with Crippen molar-refractivity contribution in [2.45, 2.75) is 124 Å². The van der Waals surface area contributed by atoms with Gasteiger partial charge < -0.3 is 14.6 Å². The third kappa shape index (κ3) is 4.90. The van der Waals surface area contributed by atoms with Crippen molar-refractivity contribution in [1.29, 1.82) is 0 Å². The van der Waals surface area contributed by atoms with Gasteiger partial charge in [-0.25, -0.2) is 0 Å². The molecule has 190 valence electrons. The van der Waals surface area contributed by atoms with E-state index in [0.29, 0.717) is 29.8 Å². The van der Waals surface area contributed by atoms with Crippen molar-refractivity contribution >= 4 is 5.97 Å². The smallest absolute Gasteiger partial charge is 0.308 e. The molecule has 4 aliphatic rings. The maximum Gasteiger partial charge on any atom is 0.308 e. The van der Waals surface area contributed by atoms with Crippen LogP contribution >= 0.6 is 0 Å². The van der Waals surface area contributed by atoms with Gasteiger partial charge in [-0.2, -0.15) is 0 Å². The molecule has 4 rings (SSSR count). The van der Waals surface area contributed by atoms with E-state index in [1.54, 1.807) is 6.92 Å². The Balaban J connectivity index is 1.39. The minimum Gasteiger partial charge on any atom is -0.436 e. The zero-order chi connectivity index (χ0) is 23.8. The summed E-state index contributed by atoms with van der Waals surface area (Å²) in [5, 5.41) is 10.4. The summed E-state index contributed by atoms with van der Waals surface area (Å²) in [6, 6.07) is 0. The summed E-state index contributed by atoms with van der Waals surface area (Å²) in [6.07, 6.45) is 13.6. The second kappa shape index (κ2) is 10.2. The topological polar surface area (TPSA) is 55.8 Å². The van der Waals surface area contributed by atoms with Gasteiger partial charge in [0.2, 0.25) is 0 Å². The van der Waals surface area contributed by atoms with Gasteiger partial charge in [0.1, 0.15) is 0 Å². The van der Waals surface area contributed by atoms with E-state index in [9.17, 15) is 9.90 Å². The second-order valence-electron chi connectivity index (χ2n) is 12.7. The number of carbonyl (C=O) groups excluding carboxylic acids is 1. The maximum atomic E-state index is 12.3. The highest BCUT2D eigenvalue weighted by Gasteiger charge is 2.60. The minimum absolute atomic E-state index is 0.0698. The summed E-state index contributed by atoms with van der Waals surface area (Å²) >= 11 is 0. The van der Waals surface area contributed by atoms with E-state index in [0.717, 1.165) is 48.9 Å². The number of fused-ring (bicyclic) bond motifs is 5. The fraction of sp³-hybridized carbons (Fsp3) is 0.966. The molecule has 4 heteroatoms. The van der Waals surface area contributed by atoms with E-state index in [1.165, 1.54) is 51.4 Å². The Morgan fingerprint density at radius 2 is 1.64 bits per heavy atom. The van der Waals surface area contributed by atoms with Gasteiger partial charge in [-0.05, 0) is 131 Å². The average molecular weight is 463 g/mol. The number of carbonyl (C=O) groups is 1. The molecule has 10 atom stereocenters. The van der Waals surface area contributed by atoms with Gasteiger partial charge in [0.25, 0.3) is 0 Å². The lowest BCUT2D eigenvalue weighted by Gasteiger charge is -2.59. The molecule has 4 nitrogen and oxygen atoms in total. The van der Waals surface area contributed by atoms with E-state index < -0.39 is 6.29 Å². The van der Waals surface area contributed by atoms with Gasteiger partial charge in [-0.1, -0.05) is 20.8 Å². The van der Waals surface area contributed by atoms with E-state index >= 15 is 0 Å². The first kappa shape index (κ1) is 25.5. The van der Waals surface area contributed by atoms with Crippen LogP contribution in [0.4, 0.5) is 0 Å². The van der Waals surface area contributed by atoms with Crippen LogP contribution in [0.15, 0.2) is 0 Å². The first-order chi connectivity index (χ1) is 15.7. The van der Waals surface area contributed by atoms with Gasteiger partial charge in [0, 0.05) is 13.0 Å². The molecule has 0 aromatic carbocycles. The van der Waals surface area contributed by atoms with Crippen LogP contribution < -0.4 is 0 Å². The summed E-state index contributed by atoms with van der Waals surface area (Å²) in [5.41, 5.74) is 0.864. The molecule has 0 bridgehead atoms. The molecule has 0 aromatic rings. The Morgan fingerprint density at radius 3 is 2.39 bits per heavy atom. The van der Waals surface area contributed by atoms with Crippen LogP contribution in [-0.4, -0.2) is 30.1 Å². The number of ether oxygens (including phenoxy) is 2. The fourth-order valence-electron chi connectivity index (χ4n) is 9.45. The van der Waals surface area contributed by atoms with E-state index in [-0.39, 0.29) is 12.1 Å². The lowest BCUT2D eigenvalue weighted by molar-refractivity contribution is -0.174. The predicted molar refractivity (Wildman–Crippen MR) is 131 cm³/mol. The standard InChI is InChI=1S/C29H50O4/c1-6-32-20(3)33-27(31)14-7-19(2)24-12-13-25-23-11-9-21-8-10-22(30)15-17-28(21,4)26(23)16-18-29(24,25)5/h19-26,30H,6-18H2,1-5H3/t19-,20?,21?,22?,23?,24?,25?,26?,28?,29?/m0/s1. The molecule has 4 saturated carbocycles. The normalized spacial score (nSPS) is 44.7. The zero-order valence-electron chi connectivity index (χ0n) is 22.0. The SMILES string of the molecule is CCOC(C)OC(=O)CC[C@H](C)C1CCC2C3CCC4CCC(O)CCC4(C)C3CCC21C. The number of aliphatic hydroxyl groups is 1. The Bertz CT molecular complexity index is 679. The van der Waals surface area contributed by atoms with Crippen molar-refractivity contribution in [3.8, 4) is 0 Å². The maximum absolute atomic E-state index is 12.3. The van der Waals surface area contributed by atoms with Crippen molar-refractivity contribution < 1.29 is 19.4 Å². The van der Waals surface area contributed by atoms with Gasteiger partial charge >= 0.3 is 5.97 Å². The van der Waals surface area contributed by atoms with Crippen molar-refractivity contribution in [2.24, 2.45) is 46.3 Å². The van der Waals surface area contributed by atoms with Crippen LogP contribution in [0.3, 0.4) is 0 Å². The highest BCUT2D eigenvalue weighted by molar-refractivity contribution is 5.69. The Labute approximate surface area is 202 Å². The number of rotatable bonds is 7. The van der Waals surface area contributed by atoms with Gasteiger partial charge in [-0.3, -0.25) is 4.79 Å². The van der Waals surface area contributed by atoms with Crippen LogP contribution in [0, 0.1) is 46.3 Å². The second-order valence-corrected chi connectivity index (χ2v) is 12.7. The van der Waals surface area contributed by atoms with Crippen molar-refractivity contribution in [2.75, 3.05) is 6.61 Å². The molecule has 0 radical (unpaired) electrons. The van der Waals surface area contributed by atoms with Crippen LogP contribution in [0.5, 0.6) is 0 Å². The first-order valence-electron chi connectivity index (χ1n) is 14.2. The molecule has 4 fully saturated rings. The number of hydrogen-bond acceptors (Lipinski definition) is 4. The molecular formula is C29H50O4. The number of esters is 1. The largest absolute Gasteiger partial charge is 0.436 e. The lowest BCUT2D eigenvalue weighted by atomic mass is 9.46. The molecule has 0 saturated heterocycles. The van der Waals surface area contributed by atoms with Crippen LogP contribution in [0.25, 0.3) is 0 Å². The highest BCUT2D eigenvalue weighted by atomic mass is 16.7. The molecule has 0 spiro atoms. The predicted octanol–water partition coefficient (Wildman–Crippen LogP) is 6.74. The van der Waals surface area contributed by atoms with Gasteiger partial charge in [0.15, 0.2) is 6.29 Å². The summed E-state index contributed by atoms with van der Waals surface area (Å²) in [5.74, 6) is 4.56. The van der Waals surface area contributed by atoms with Crippen LogP contribution in [-0.2, 0) is 14.3 Å². The zero-order valence-corrected chi connectivity index (χ0v) is 22.0. The van der Waals surface area contributed by atoms with E-state index in [4.69, 9.17) is 9.47 Å². The molecule has 0 aromatic heterocycles. The lowest BCUT2D eigenvalue weighted by Crippen LogP contribution is -2.52. The molecule has 0 heterocycles. The summed E-state index contributed by atoms with van der Waals surface area (Å²) < 4.78 is 10.8. The summed E-state index contributed by atoms with van der Waals surface area (Å²) in [7, 11) is 0. The Morgan fingerprint density at radius 1 is 0.939 bits per heavy atom. The number of aliphatic hydroxyl groups excluding tert-OH is 1. The molecular weight excluding hydrogens is 412 g/mol. The van der Waals surface area contributed by atoms with E-state index in [1.807, 2.05) is 6.92 Å². The molecule has 0 amide bonds. The highest BCUT2D eigenvalue weighted by Crippen LogP contribution is 2.68. The van der Waals surface area contributed by atoms with Crippen molar-refractivity contribution in [3.05, 3.63) is 0 Å². The van der Waals surface area contributed by atoms with Crippen LogP contribution in [0.2, 0.25) is 0 Å². The molecule has 0 aliphatic heterocycles. The number of hydrogen-bond donors (Lipinski definition) is 1. The Hall–Kier alpha value is -0.610. The third-order valence-electron chi connectivity index (χ3n) is 11.2. The monoisotopic (exact) mass is 462 g/mol. The quantitative estimate of drug-likeness (QED) is 0.336. The molecule has 9 unspecified atom stereocenters. The minimum atomic E-state index is -0.442. The third-order valence-corrected chi connectivity index (χ3v) is 11.2. The molecule has 4 aliphatic carbocycles. The molecule has 33 heavy (non-hydrogen) atoms. The summed E-state index contributed by atoms with van der Waals surface area (Å²) in [6.45, 7) is 11.9. The summed E-state index contributed by atoms with van der Waals surface area (Å²) in [4.78, 5) is 12.3. The van der Waals surface area contributed by atoms with Gasteiger partial charge in [-0.15, -0.1) is 0 Å². The fourth-order valence-corrected chi connectivity index (χ4v) is 9.45. The van der Waals surface area contributed by atoms with Crippen molar-refractivity contribution in [1.82, 2.24) is 0 Å². The molecule has 1 N–H and O–H groups in total. The van der Waals surface area contributed by atoms with E-state index in [2.05, 4.69) is 20.8 Å².